The van der Waals surface area contributed by atoms with Crippen LogP contribution in [-0.4, -0.2) is 55.3 Å². The van der Waals surface area contributed by atoms with Crippen LogP contribution in [0.3, 0.4) is 0 Å². The molecule has 4 unspecified atom stereocenters. The van der Waals surface area contributed by atoms with Crippen molar-refractivity contribution in [2.24, 2.45) is 5.92 Å². The van der Waals surface area contributed by atoms with Crippen molar-refractivity contribution < 1.29 is 28.0 Å². The number of benzene rings is 2. The normalized spacial score (nSPS) is 21.6. The summed E-state index contributed by atoms with van der Waals surface area (Å²) in [5.41, 5.74) is 0.520. The molecule has 1 aliphatic heterocycles. The monoisotopic (exact) mass is 571 g/mol. The van der Waals surface area contributed by atoms with E-state index in [9.17, 15) is 18.2 Å². The van der Waals surface area contributed by atoms with Crippen molar-refractivity contribution >= 4 is 45.9 Å². The van der Waals surface area contributed by atoms with Crippen LogP contribution in [0.5, 0.6) is 0 Å². The number of halogens is 3. The van der Waals surface area contributed by atoms with E-state index >= 15 is 0 Å². The molecule has 0 radical (unpaired) electrons. The molecule has 1 N–H and O–H groups in total. The van der Waals surface area contributed by atoms with Gasteiger partial charge in [0.25, 0.3) is 5.91 Å². The molecule has 1 saturated heterocycles. The summed E-state index contributed by atoms with van der Waals surface area (Å²) in [5.74, 6) is -1.72. The molecular formula is C27H32Cl2FNO5S. The molecule has 10 heteroatoms. The van der Waals surface area contributed by atoms with Gasteiger partial charge in [-0.05, 0) is 69.4 Å². The summed E-state index contributed by atoms with van der Waals surface area (Å²) < 4.78 is 32.2. The van der Waals surface area contributed by atoms with Crippen LogP contribution in [0, 0.1) is 11.7 Å². The molecule has 6 nitrogen and oxygen atoms in total. The Morgan fingerprint density at radius 3 is 2.32 bits per heavy atom. The first-order valence-electron chi connectivity index (χ1n) is 12.1. The van der Waals surface area contributed by atoms with E-state index in [2.05, 4.69) is 0 Å². The first-order valence-corrected chi connectivity index (χ1v) is 14.2. The lowest BCUT2D eigenvalue weighted by Crippen LogP contribution is -2.56. The third-order valence-electron chi connectivity index (χ3n) is 6.27. The average Bonchev–Trinajstić information content (AvgIpc) is 3.66. The van der Waals surface area contributed by atoms with E-state index in [4.69, 9.17) is 33.0 Å². The summed E-state index contributed by atoms with van der Waals surface area (Å²) in [6, 6.07) is 12.9. The maximum atomic E-state index is 14.1. The fourth-order valence-corrected chi connectivity index (χ4v) is 5.60. The zero-order valence-electron chi connectivity index (χ0n) is 21.0. The molecule has 1 saturated carbocycles. The Hall–Kier alpha value is -2.00. The number of ether oxygens (including phenoxy) is 1. The Labute approximate surface area is 229 Å². The summed E-state index contributed by atoms with van der Waals surface area (Å²) in [5, 5.41) is 9.94. The molecule has 1 amide bonds. The fourth-order valence-electron chi connectivity index (χ4n) is 4.10. The molecule has 4 atom stereocenters. The van der Waals surface area contributed by atoms with E-state index in [0.717, 1.165) is 17.9 Å². The second-order valence-corrected chi connectivity index (χ2v) is 13.3. The molecule has 0 spiro atoms. The summed E-state index contributed by atoms with van der Waals surface area (Å²) >= 11 is 11.4. The molecule has 4 rings (SSSR count). The SMILES string of the molecule is CC(C)(C)S(=O)CC(C1CC1)N1C(=O)C(CC(=O)O)OCC1c1ccc(Cl)c(F)c1.Clc1ccccc1. The number of carbonyl (C=O) groups is 2. The molecule has 2 aromatic carbocycles. The number of morpholine rings is 1. The largest absolute Gasteiger partial charge is 0.481 e. The van der Waals surface area contributed by atoms with E-state index in [-0.39, 0.29) is 29.3 Å². The third kappa shape index (κ3) is 8.24. The molecule has 202 valence electrons. The lowest BCUT2D eigenvalue weighted by molar-refractivity contribution is -0.169. The minimum atomic E-state index is -1.21. The summed E-state index contributed by atoms with van der Waals surface area (Å²) in [7, 11) is -1.21. The number of carbonyl (C=O) groups excluding carboxylic acids is 1. The number of hydrogen-bond acceptors (Lipinski definition) is 4. The Balaban J connectivity index is 0.000000468. The van der Waals surface area contributed by atoms with Crippen LogP contribution in [0.25, 0.3) is 0 Å². The van der Waals surface area contributed by atoms with E-state index < -0.39 is 51.8 Å². The average molecular weight is 573 g/mol. The van der Waals surface area contributed by atoms with Crippen molar-refractivity contribution in [1.82, 2.24) is 4.90 Å². The van der Waals surface area contributed by atoms with Crippen molar-refractivity contribution in [3.8, 4) is 0 Å². The van der Waals surface area contributed by atoms with Gasteiger partial charge in [-0.3, -0.25) is 13.8 Å². The first kappa shape index (κ1) is 29.6. The van der Waals surface area contributed by atoms with Crippen molar-refractivity contribution in [2.75, 3.05) is 12.4 Å². The van der Waals surface area contributed by atoms with Crippen LogP contribution in [0.4, 0.5) is 4.39 Å². The van der Waals surface area contributed by atoms with Gasteiger partial charge in [0.05, 0.1) is 24.1 Å². The standard InChI is InChI=1S/C21H27ClFNO5S.C6H5Cl/c1-21(2,3)30(28)11-17(12-4-5-12)24-16(13-6-7-14(22)15(23)8-13)10-29-18(20(24)27)9-19(25)26;7-6-4-2-1-3-5-6/h6-8,12,16-18H,4-5,9-11H2,1-3H3,(H,25,26);1-5H. The van der Waals surface area contributed by atoms with Crippen molar-refractivity contribution in [1.29, 1.82) is 0 Å². The van der Waals surface area contributed by atoms with Gasteiger partial charge in [-0.15, -0.1) is 0 Å². The second kappa shape index (κ2) is 12.7. The molecule has 0 bridgehead atoms. The second-order valence-electron chi connectivity index (χ2n) is 10.2. The minimum Gasteiger partial charge on any atom is -0.481 e. The van der Waals surface area contributed by atoms with Crippen molar-refractivity contribution in [3.05, 3.63) is 70.0 Å². The smallest absolute Gasteiger partial charge is 0.306 e. The zero-order chi connectivity index (χ0) is 27.3. The maximum Gasteiger partial charge on any atom is 0.306 e. The van der Waals surface area contributed by atoms with Crippen LogP contribution in [0.1, 0.15) is 51.6 Å². The highest BCUT2D eigenvalue weighted by atomic mass is 35.5. The van der Waals surface area contributed by atoms with Crippen LogP contribution in [0.15, 0.2) is 48.5 Å². The van der Waals surface area contributed by atoms with Crippen molar-refractivity contribution in [3.63, 3.8) is 0 Å². The number of hydrogen-bond donors (Lipinski definition) is 1. The van der Waals surface area contributed by atoms with Gasteiger partial charge >= 0.3 is 5.97 Å². The molecule has 2 aromatic rings. The molecule has 0 aromatic heterocycles. The van der Waals surface area contributed by atoms with E-state index in [0.29, 0.717) is 5.56 Å². The van der Waals surface area contributed by atoms with E-state index in [1.807, 2.05) is 51.1 Å². The van der Waals surface area contributed by atoms with E-state index in [1.165, 1.54) is 12.1 Å². The lowest BCUT2D eigenvalue weighted by atomic mass is 9.98. The number of nitrogens with zero attached hydrogens (tertiary/aromatic N) is 1. The van der Waals surface area contributed by atoms with Crippen LogP contribution < -0.4 is 0 Å². The molecule has 1 aliphatic carbocycles. The summed E-state index contributed by atoms with van der Waals surface area (Å²) in [6.07, 6.45) is 0.251. The molecule has 2 aliphatic rings. The molecular weight excluding hydrogens is 540 g/mol. The molecule has 37 heavy (non-hydrogen) atoms. The Bertz CT molecular complexity index is 1120. The number of carboxylic acid groups (broad SMARTS) is 1. The highest BCUT2D eigenvalue weighted by Crippen LogP contribution is 2.42. The minimum absolute atomic E-state index is 0.0234. The Morgan fingerprint density at radius 2 is 1.84 bits per heavy atom. The molecule has 2 fully saturated rings. The Morgan fingerprint density at radius 1 is 1.19 bits per heavy atom. The van der Waals surface area contributed by atoms with Gasteiger partial charge in [-0.25, -0.2) is 4.39 Å². The first-order chi connectivity index (χ1) is 17.4. The number of amides is 1. The molecule has 1 heterocycles. The summed E-state index contributed by atoms with van der Waals surface area (Å²) in [4.78, 5) is 26.1. The van der Waals surface area contributed by atoms with Gasteiger partial charge in [0, 0.05) is 32.4 Å². The summed E-state index contributed by atoms with van der Waals surface area (Å²) in [6.45, 7) is 5.69. The number of rotatable bonds is 7. The van der Waals surface area contributed by atoms with Gasteiger partial charge in [-0.1, -0.05) is 47.5 Å². The van der Waals surface area contributed by atoms with Gasteiger partial charge in [0.15, 0.2) is 0 Å². The Kier molecular flexibility index (Phi) is 10.1. The van der Waals surface area contributed by atoms with Crippen LogP contribution in [0.2, 0.25) is 10.0 Å². The predicted molar refractivity (Wildman–Crippen MR) is 144 cm³/mol. The lowest BCUT2D eigenvalue weighted by Gasteiger charge is -2.44. The number of carboxylic acids is 1. The third-order valence-corrected chi connectivity index (χ3v) is 8.84. The van der Waals surface area contributed by atoms with E-state index in [1.54, 1.807) is 11.0 Å². The van der Waals surface area contributed by atoms with Gasteiger partial charge in [0.1, 0.15) is 11.9 Å². The predicted octanol–water partition coefficient (Wildman–Crippen LogP) is 5.89. The zero-order valence-corrected chi connectivity index (χ0v) is 23.4. The van der Waals surface area contributed by atoms with Crippen LogP contribution in [-0.2, 0) is 25.1 Å². The van der Waals surface area contributed by atoms with Gasteiger partial charge in [-0.2, -0.15) is 0 Å². The fraction of sp³-hybridized carbons (Fsp3) is 0.481. The van der Waals surface area contributed by atoms with Crippen LogP contribution >= 0.6 is 23.2 Å². The highest BCUT2D eigenvalue weighted by Gasteiger charge is 2.47. The topological polar surface area (TPSA) is 83.9 Å². The van der Waals surface area contributed by atoms with Gasteiger partial charge < -0.3 is 14.7 Å². The quantitative estimate of drug-likeness (QED) is 0.448. The van der Waals surface area contributed by atoms with Gasteiger partial charge in [0.2, 0.25) is 0 Å². The highest BCUT2D eigenvalue weighted by molar-refractivity contribution is 7.86. The number of aliphatic carboxylic acids is 1. The maximum absolute atomic E-state index is 14.1. The van der Waals surface area contributed by atoms with Crippen molar-refractivity contribution in [2.45, 2.75) is 63.0 Å².